The van der Waals surface area contributed by atoms with Gasteiger partial charge in [-0.3, -0.25) is 0 Å². The molecule has 2 atom stereocenters. The van der Waals surface area contributed by atoms with Crippen molar-refractivity contribution in [2.24, 2.45) is 0 Å². The molecule has 1 aliphatic heterocycles. The lowest BCUT2D eigenvalue weighted by molar-refractivity contribution is 0.0271. The van der Waals surface area contributed by atoms with E-state index in [2.05, 4.69) is 23.5 Å². The molecule has 2 aromatic carbocycles. The monoisotopic (exact) mass is 231 g/mol. The number of fused-ring (bicyclic) bond motifs is 1. The van der Waals surface area contributed by atoms with E-state index in [0.717, 1.165) is 10.8 Å². The summed E-state index contributed by atoms with van der Waals surface area (Å²) in [4.78, 5) is 0. The van der Waals surface area contributed by atoms with Crippen LogP contribution in [0.5, 0.6) is 5.75 Å². The molecule has 1 saturated heterocycles. The largest absolute Gasteiger partial charge is 0.444 e. The molecular formula is C14H14FNO. The van der Waals surface area contributed by atoms with Gasteiger partial charge in [-0.15, -0.1) is 0 Å². The number of ether oxygens (including phenoxy) is 1. The molecule has 0 spiro atoms. The van der Waals surface area contributed by atoms with Crippen molar-refractivity contribution in [3.63, 3.8) is 0 Å². The molecule has 3 heteroatoms. The minimum absolute atomic E-state index is 0.240. The van der Waals surface area contributed by atoms with Crippen LogP contribution in [0.1, 0.15) is 12.5 Å². The maximum absolute atomic E-state index is 13.7. The molecule has 0 radical (unpaired) electrons. The Morgan fingerprint density at radius 3 is 2.59 bits per heavy atom. The van der Waals surface area contributed by atoms with Crippen LogP contribution in [0.3, 0.4) is 0 Å². The van der Waals surface area contributed by atoms with Gasteiger partial charge in [-0.05, 0) is 36.8 Å². The second-order valence-corrected chi connectivity index (χ2v) is 4.63. The zero-order valence-electron chi connectivity index (χ0n) is 9.83. The first kappa shape index (κ1) is 10.5. The number of nitrogens with one attached hydrogen (secondary N) is 1. The fourth-order valence-corrected chi connectivity index (χ4v) is 1.95. The van der Waals surface area contributed by atoms with Crippen molar-refractivity contribution in [2.75, 3.05) is 0 Å². The lowest BCUT2D eigenvalue weighted by Gasteiger charge is -2.09. The summed E-state index contributed by atoms with van der Waals surface area (Å²) in [6, 6.07) is 11.6. The van der Waals surface area contributed by atoms with Gasteiger partial charge in [-0.25, -0.2) is 5.32 Å². The average Bonchev–Trinajstić information content (AvgIpc) is 2.85. The Kier molecular flexibility index (Phi) is 2.13. The molecule has 0 aromatic heterocycles. The third kappa shape index (κ3) is 1.87. The minimum atomic E-state index is -1.68. The molecule has 3 rings (SSSR count). The normalized spacial score (nSPS) is 27.1. The van der Waals surface area contributed by atoms with E-state index >= 15 is 0 Å². The Hall–Kier alpha value is -1.61. The van der Waals surface area contributed by atoms with E-state index in [1.165, 1.54) is 5.56 Å². The van der Waals surface area contributed by atoms with Gasteiger partial charge < -0.3 is 4.74 Å². The Bertz CT molecular complexity index is 583. The molecule has 1 aliphatic rings. The van der Waals surface area contributed by atoms with Crippen molar-refractivity contribution in [2.45, 2.75) is 25.9 Å². The van der Waals surface area contributed by atoms with Gasteiger partial charge in [0.25, 0.3) is 0 Å². The first-order valence-electron chi connectivity index (χ1n) is 5.73. The van der Waals surface area contributed by atoms with Crippen LogP contribution in [0.25, 0.3) is 10.8 Å². The molecule has 0 amide bonds. The third-order valence-corrected chi connectivity index (χ3v) is 3.12. The molecule has 2 aromatic rings. The zero-order chi connectivity index (χ0) is 12.0. The van der Waals surface area contributed by atoms with Crippen LogP contribution in [0, 0.1) is 6.92 Å². The summed E-state index contributed by atoms with van der Waals surface area (Å²) in [6.07, 6.45) is 0. The van der Waals surface area contributed by atoms with Crippen LogP contribution in [-0.4, -0.2) is 12.0 Å². The third-order valence-electron chi connectivity index (χ3n) is 3.12. The molecule has 0 bridgehead atoms. The summed E-state index contributed by atoms with van der Waals surface area (Å²) in [5, 5.41) is 4.83. The van der Waals surface area contributed by atoms with Gasteiger partial charge in [0.05, 0.1) is 6.04 Å². The summed E-state index contributed by atoms with van der Waals surface area (Å²) >= 11 is 0. The van der Waals surface area contributed by atoms with Crippen LogP contribution >= 0.6 is 0 Å². The number of benzene rings is 2. The maximum atomic E-state index is 13.7. The smallest absolute Gasteiger partial charge is 0.323 e. The Morgan fingerprint density at radius 1 is 1.18 bits per heavy atom. The van der Waals surface area contributed by atoms with Gasteiger partial charge >= 0.3 is 5.98 Å². The van der Waals surface area contributed by atoms with E-state index < -0.39 is 5.98 Å². The van der Waals surface area contributed by atoms with E-state index in [1.807, 2.05) is 19.1 Å². The molecule has 1 N–H and O–H groups in total. The maximum Gasteiger partial charge on any atom is 0.323 e. The SMILES string of the molecule is Cc1ccc2ccc(OC3(F)NC3C)cc2c1. The van der Waals surface area contributed by atoms with E-state index in [4.69, 9.17) is 4.74 Å². The van der Waals surface area contributed by atoms with E-state index in [0.29, 0.717) is 5.75 Å². The van der Waals surface area contributed by atoms with Gasteiger partial charge in [-0.2, -0.15) is 4.39 Å². The van der Waals surface area contributed by atoms with Crippen molar-refractivity contribution in [3.05, 3.63) is 42.0 Å². The van der Waals surface area contributed by atoms with E-state index in [-0.39, 0.29) is 6.04 Å². The van der Waals surface area contributed by atoms with Crippen molar-refractivity contribution in [1.82, 2.24) is 5.32 Å². The molecule has 17 heavy (non-hydrogen) atoms. The lowest BCUT2D eigenvalue weighted by Crippen LogP contribution is -2.18. The molecule has 0 saturated carbocycles. The van der Waals surface area contributed by atoms with Crippen molar-refractivity contribution >= 4 is 10.8 Å². The van der Waals surface area contributed by atoms with Crippen LogP contribution in [0.2, 0.25) is 0 Å². The van der Waals surface area contributed by atoms with Gasteiger partial charge in [0.2, 0.25) is 0 Å². The van der Waals surface area contributed by atoms with Crippen LogP contribution in [0.15, 0.2) is 36.4 Å². The number of hydrogen-bond donors (Lipinski definition) is 1. The van der Waals surface area contributed by atoms with Crippen LogP contribution in [-0.2, 0) is 0 Å². The predicted molar refractivity (Wildman–Crippen MR) is 65.7 cm³/mol. The Labute approximate surface area is 99.4 Å². The number of alkyl halides is 1. The second kappa shape index (κ2) is 3.44. The van der Waals surface area contributed by atoms with Gasteiger partial charge in [0.15, 0.2) is 0 Å². The highest BCUT2D eigenvalue weighted by molar-refractivity contribution is 5.84. The van der Waals surface area contributed by atoms with Gasteiger partial charge in [0, 0.05) is 0 Å². The number of hydrogen-bond acceptors (Lipinski definition) is 2. The summed E-state index contributed by atoms with van der Waals surface area (Å²) in [5.41, 5.74) is 1.18. The summed E-state index contributed by atoms with van der Waals surface area (Å²) in [6.45, 7) is 3.79. The standard InChI is InChI=1S/C14H14FNO/c1-9-3-4-11-5-6-13(8-12(11)7-9)17-14(15)10(2)16-14/h3-8,10,16H,1-2H3. The van der Waals surface area contributed by atoms with Crippen LogP contribution < -0.4 is 10.1 Å². The number of rotatable bonds is 2. The quantitative estimate of drug-likeness (QED) is 0.636. The molecule has 1 fully saturated rings. The summed E-state index contributed by atoms with van der Waals surface area (Å²) in [5.74, 6) is -1.13. The Balaban J connectivity index is 1.96. The molecular weight excluding hydrogens is 217 g/mol. The molecule has 1 heterocycles. The van der Waals surface area contributed by atoms with Crippen molar-refractivity contribution < 1.29 is 9.13 Å². The number of aryl methyl sites for hydroxylation is 1. The first-order valence-corrected chi connectivity index (χ1v) is 5.73. The molecule has 88 valence electrons. The Morgan fingerprint density at radius 2 is 1.88 bits per heavy atom. The summed E-state index contributed by atoms with van der Waals surface area (Å²) in [7, 11) is 0. The molecule has 2 unspecified atom stereocenters. The molecule has 0 aliphatic carbocycles. The number of halogens is 1. The average molecular weight is 231 g/mol. The van der Waals surface area contributed by atoms with E-state index in [1.54, 1.807) is 13.0 Å². The molecule has 2 nitrogen and oxygen atoms in total. The fraction of sp³-hybridized carbons (Fsp3) is 0.286. The second-order valence-electron chi connectivity index (χ2n) is 4.63. The lowest BCUT2D eigenvalue weighted by atomic mass is 10.1. The van der Waals surface area contributed by atoms with Crippen molar-refractivity contribution in [1.29, 1.82) is 0 Å². The predicted octanol–water partition coefficient (Wildman–Crippen LogP) is 3.14. The zero-order valence-corrected chi connectivity index (χ0v) is 9.83. The first-order chi connectivity index (χ1) is 8.07. The fourth-order valence-electron chi connectivity index (χ4n) is 1.95. The summed E-state index contributed by atoms with van der Waals surface area (Å²) < 4.78 is 19.0. The van der Waals surface area contributed by atoms with Crippen LogP contribution in [0.4, 0.5) is 4.39 Å². The van der Waals surface area contributed by atoms with E-state index in [9.17, 15) is 4.39 Å². The van der Waals surface area contributed by atoms with Gasteiger partial charge in [-0.1, -0.05) is 29.8 Å². The highest BCUT2D eigenvalue weighted by Crippen LogP contribution is 2.32. The highest BCUT2D eigenvalue weighted by Gasteiger charge is 2.55. The van der Waals surface area contributed by atoms with Gasteiger partial charge in [0.1, 0.15) is 5.75 Å². The topological polar surface area (TPSA) is 31.2 Å². The van der Waals surface area contributed by atoms with Crippen molar-refractivity contribution in [3.8, 4) is 5.75 Å². The highest BCUT2D eigenvalue weighted by atomic mass is 19.2. The minimum Gasteiger partial charge on any atom is -0.444 e.